The molecule has 0 unspecified atom stereocenters. The van der Waals surface area contributed by atoms with Crippen molar-refractivity contribution < 1.29 is 14.0 Å². The molecule has 5 fully saturated rings. The monoisotopic (exact) mass is 1890 g/mol. The Bertz CT molecular complexity index is 7710. The van der Waals surface area contributed by atoms with Gasteiger partial charge in [0.1, 0.15) is 5.82 Å². The van der Waals surface area contributed by atoms with Crippen LogP contribution in [0.5, 0.6) is 0 Å². The predicted octanol–water partition coefficient (Wildman–Crippen LogP) is 18.5. The highest BCUT2D eigenvalue weighted by Crippen LogP contribution is 2.46. The fourth-order valence-corrected chi connectivity index (χ4v) is 19.6. The average molecular weight is 1900 g/mol. The van der Waals surface area contributed by atoms with Gasteiger partial charge in [0.25, 0.3) is 11.8 Å². The lowest BCUT2D eigenvalue weighted by Crippen LogP contribution is -2.50. The molecule has 29 nitrogen and oxygen atoms in total. The number of nitrogens with zero attached hydrogens (tertiary/aromatic N) is 14. The maximum atomic E-state index is 13.2. The van der Waals surface area contributed by atoms with Crippen LogP contribution in [0, 0.1) is 12.7 Å². The van der Waals surface area contributed by atoms with Gasteiger partial charge in [-0.1, -0.05) is 68.1 Å². The van der Waals surface area contributed by atoms with Crippen molar-refractivity contribution in [3.63, 3.8) is 0 Å². The number of nitrogens with one attached hydrogen (secondary N) is 9. The normalized spacial score (nSPS) is 15.0. The first-order valence-corrected chi connectivity index (χ1v) is 48.7. The highest BCUT2D eigenvalue weighted by Gasteiger charge is 2.46. The van der Waals surface area contributed by atoms with Crippen molar-refractivity contribution in [2.75, 3.05) is 116 Å². The lowest BCUT2D eigenvalue weighted by molar-refractivity contribution is 0.0628. The summed E-state index contributed by atoms with van der Waals surface area (Å²) in [7, 11) is 0. The molecule has 0 bridgehead atoms. The molecule has 12 aromatic heterocycles. The molecule has 3 saturated heterocycles. The highest BCUT2D eigenvalue weighted by atomic mass is 19.1. The maximum absolute atomic E-state index is 13.2. The van der Waals surface area contributed by atoms with Crippen LogP contribution in [0.4, 0.5) is 61.3 Å². The number of hydrogen-bond acceptors (Lipinski definition) is 19. The van der Waals surface area contributed by atoms with Crippen molar-refractivity contribution in [2.45, 2.75) is 83.3 Å². The molecule has 0 atom stereocenters. The zero-order valence-corrected chi connectivity index (χ0v) is 79.2. The third-order valence-corrected chi connectivity index (χ3v) is 27.3. The second-order valence-electron chi connectivity index (χ2n) is 36.8. The number of anilines is 10. The van der Waals surface area contributed by atoms with Gasteiger partial charge in [0.15, 0.2) is 22.6 Å². The summed E-state index contributed by atoms with van der Waals surface area (Å²) in [4.78, 5) is 116. The van der Waals surface area contributed by atoms with Crippen LogP contribution >= 0.6 is 0 Å². The van der Waals surface area contributed by atoms with Crippen LogP contribution in [0.1, 0.15) is 95.7 Å². The van der Waals surface area contributed by atoms with Gasteiger partial charge in [0.05, 0.1) is 51.1 Å². The number of rotatable bonds is 23. The molecule has 718 valence electrons. The zero-order chi connectivity index (χ0) is 97.0. The van der Waals surface area contributed by atoms with E-state index in [1.165, 1.54) is 87.2 Å². The van der Waals surface area contributed by atoms with E-state index >= 15 is 0 Å². The van der Waals surface area contributed by atoms with Gasteiger partial charge in [-0.25, -0.2) is 24.3 Å². The second-order valence-corrected chi connectivity index (χ2v) is 36.8. The number of carbonyl (C=O) groups excluding carboxylic acids is 2. The van der Waals surface area contributed by atoms with Crippen LogP contribution in [-0.2, 0) is 12.1 Å². The Morgan fingerprint density at radius 2 is 0.761 bits per heavy atom. The van der Waals surface area contributed by atoms with Crippen molar-refractivity contribution in [3.8, 4) is 45.0 Å². The molecule has 5 aliphatic rings. The van der Waals surface area contributed by atoms with E-state index in [1.807, 2.05) is 169 Å². The number of aromatic nitrogens is 12. The number of piperazine rings is 3. The number of halogens is 1. The van der Waals surface area contributed by atoms with Crippen LogP contribution in [0.25, 0.3) is 67.6 Å². The molecule has 3 aliphatic heterocycles. The van der Waals surface area contributed by atoms with E-state index in [0.717, 1.165) is 202 Å². The Kier molecular flexibility index (Phi) is 27.8. The van der Waals surface area contributed by atoms with E-state index in [4.69, 9.17) is 0 Å². The number of benzene rings is 6. The van der Waals surface area contributed by atoms with Gasteiger partial charge >= 0.3 is 0 Å². The Balaban J connectivity index is 0.000000116. The highest BCUT2D eigenvalue weighted by molar-refractivity contribution is 5.96. The van der Waals surface area contributed by atoms with E-state index in [0.29, 0.717) is 24.2 Å². The van der Waals surface area contributed by atoms with Crippen molar-refractivity contribution in [1.29, 1.82) is 0 Å². The quantitative estimate of drug-likeness (QED) is 0.0287. The smallest absolute Gasteiger partial charge is 0.253 e. The molecule has 15 heterocycles. The fourth-order valence-electron chi connectivity index (χ4n) is 19.6. The summed E-state index contributed by atoms with van der Waals surface area (Å²) in [6.45, 7) is 18.0. The van der Waals surface area contributed by atoms with E-state index in [-0.39, 0.29) is 45.4 Å². The summed E-state index contributed by atoms with van der Waals surface area (Å²) in [5.41, 5.74) is 23.7. The van der Waals surface area contributed by atoms with Crippen LogP contribution in [0.3, 0.4) is 0 Å². The molecule has 6 aromatic carbocycles. The van der Waals surface area contributed by atoms with Gasteiger partial charge in [-0.2, -0.15) is 0 Å². The SMILES string of the molecule is CCCN1CCN(c2ccc(Nc3ccc(-c4cc[nH]c(=O)c4)n4ccnc34)cc2)CC1.Cc1ccc(C2(NC(=O)c3ccc(Nc4ccc(-c5cc[nH]c(=O)c5)n5ccnc45)cc3)CC2)cc1.O=C(c1ccc(Nc2ccc(-c3cc[nH]c(=O)c3)n3ccnc23)cc1)N1CCN(Cc2ccc(F)cc2)CC1.O=c1cc(-c2ccc(Nc3ccc(N4CCN(C5CCCCC5)CC4)cc3)c3nccn23)cc[nH]1. The molecule has 30 heteroatoms. The molecule has 0 spiro atoms. The predicted molar refractivity (Wildman–Crippen MR) is 561 cm³/mol. The van der Waals surface area contributed by atoms with E-state index in [2.05, 4.69) is 178 Å². The lowest BCUT2D eigenvalue weighted by Gasteiger charge is -2.41. The minimum atomic E-state index is -0.251. The van der Waals surface area contributed by atoms with Crippen molar-refractivity contribution in [1.82, 2.24) is 82.4 Å². The zero-order valence-electron chi connectivity index (χ0n) is 79.2. The van der Waals surface area contributed by atoms with Gasteiger partial charge in [-0.3, -0.25) is 61.1 Å². The van der Waals surface area contributed by atoms with Gasteiger partial charge in [0, 0.05) is 257 Å². The van der Waals surface area contributed by atoms with Crippen LogP contribution in [-0.4, -0.2) is 180 Å². The first kappa shape index (κ1) is 93.1. The van der Waals surface area contributed by atoms with Gasteiger partial charge < -0.3 is 61.2 Å². The number of H-pyrrole nitrogens is 4. The third-order valence-electron chi connectivity index (χ3n) is 27.3. The molecular weight excluding hydrogens is 1780 g/mol. The average Bonchev–Trinajstić information content (AvgIpc) is 1.61. The molecule has 9 N–H and O–H groups in total. The Morgan fingerprint density at radius 1 is 0.394 bits per heavy atom. The largest absolute Gasteiger partial charge is 0.369 e. The molecule has 2 aliphatic carbocycles. The Hall–Kier alpha value is -16.6. The summed E-state index contributed by atoms with van der Waals surface area (Å²) in [5.74, 6) is -0.289. The second kappa shape index (κ2) is 42.4. The number of carbonyl (C=O) groups is 2. The third kappa shape index (κ3) is 21.6. The first-order chi connectivity index (χ1) is 69.5. The van der Waals surface area contributed by atoms with Gasteiger partial charge in [0.2, 0.25) is 22.2 Å². The first-order valence-electron chi connectivity index (χ1n) is 48.7. The van der Waals surface area contributed by atoms with E-state index in [9.17, 15) is 33.2 Å². The van der Waals surface area contributed by atoms with Gasteiger partial charge in [-0.05, 0) is 239 Å². The number of fused-ring (bicyclic) bond motifs is 4. The van der Waals surface area contributed by atoms with Crippen molar-refractivity contribution in [2.24, 2.45) is 0 Å². The number of aryl methyl sites for hydroxylation is 1. The number of pyridine rings is 8. The van der Waals surface area contributed by atoms with E-state index < -0.39 is 0 Å². The summed E-state index contributed by atoms with van der Waals surface area (Å²) < 4.78 is 21.0. The standard InChI is InChI=1S/C30H27FN6O2.C29H25N5O2.C28H32N6O.C25H28N6O/c31-24-5-1-21(2-6-24)20-35-15-17-36(18-16-35)30(39)22-3-7-25(8-4-22)34-26-9-10-27(37-14-13-33-29(26)37)23-11-12-32-28(38)19-23;1-19-2-6-22(7-3-19)29(13-14-29)33-28(36)20-4-8-23(9-5-20)32-24-10-11-25(34-17-16-31-27(24)34)21-12-15-30-26(35)18-21;35-27-20-21(12-13-29-27)26-11-10-25(28-30-14-15-34(26)28)31-22-6-8-24(9-7-22)33-18-16-32(17-19-33)23-4-2-1-3-5-23;1-2-12-29-14-16-30(17-15-29)21-5-3-20(4-6-21)28-22-7-8-23(31-13-11-27-25(22)31)19-9-10-26-24(32)18-19/h1-14,19,34H,15-18,20H2,(H,32,38);2-12,15-18,32H,13-14H2,1H3,(H,30,35)(H,33,36);6-15,20,23,31H,1-5,16-19H2,(H,29,35);3-11,13,18,28H,2,12,14-17H2,1H3,(H,26,32). The summed E-state index contributed by atoms with van der Waals surface area (Å²) >= 11 is 0. The number of aromatic amines is 4. The van der Waals surface area contributed by atoms with Crippen LogP contribution in [0.2, 0.25) is 0 Å². The number of hydrogen-bond donors (Lipinski definition) is 9. The molecule has 18 aromatic rings. The molecule has 23 rings (SSSR count). The summed E-state index contributed by atoms with van der Waals surface area (Å²) in [6, 6.07) is 77.7. The molecular formula is C112H112FN23O6. The molecule has 2 amide bonds. The Morgan fingerprint density at radius 3 is 1.13 bits per heavy atom. The Labute approximate surface area is 819 Å². The maximum Gasteiger partial charge on any atom is 0.253 e. The fraction of sp³-hybridized carbons (Fsp3) is 0.232. The van der Waals surface area contributed by atoms with Gasteiger partial charge in [-0.15, -0.1) is 0 Å². The van der Waals surface area contributed by atoms with Crippen LogP contribution in [0.15, 0.2) is 336 Å². The minimum Gasteiger partial charge on any atom is -0.369 e. The van der Waals surface area contributed by atoms with Crippen molar-refractivity contribution in [3.05, 3.63) is 392 Å². The van der Waals surface area contributed by atoms with Crippen molar-refractivity contribution >= 4 is 91.3 Å². The minimum absolute atomic E-state index is 0.0147. The number of amides is 2. The molecule has 0 radical (unpaired) electrons. The molecule has 142 heavy (non-hydrogen) atoms. The lowest BCUT2D eigenvalue weighted by atomic mass is 9.94. The van der Waals surface area contributed by atoms with Crippen LogP contribution < -0.4 is 58.6 Å². The topological polar surface area (TPSA) is 314 Å². The number of imidazole rings is 4. The summed E-state index contributed by atoms with van der Waals surface area (Å²) in [6.07, 6.45) is 31.3. The van der Waals surface area contributed by atoms with E-state index in [1.54, 1.807) is 86.0 Å². The molecule has 2 saturated carbocycles. The summed E-state index contributed by atoms with van der Waals surface area (Å²) in [5, 5.41) is 17.1.